The van der Waals surface area contributed by atoms with Crippen LogP contribution in [0.25, 0.3) is 0 Å². The van der Waals surface area contributed by atoms with Gasteiger partial charge in [-0.3, -0.25) is 0 Å². The minimum Gasteiger partial charge on any atom is -0.492 e. The SMILES string of the molecule is CC.Cc1ccc(Nc2cc(F)cc(OCCCC(O)CO)c2C#N)c(F)c1. The average Bonchev–Trinajstić information content (AvgIpc) is 2.68. The van der Waals surface area contributed by atoms with Crippen LogP contribution < -0.4 is 10.1 Å². The highest BCUT2D eigenvalue weighted by Gasteiger charge is 2.14. The van der Waals surface area contributed by atoms with Gasteiger partial charge in [-0.15, -0.1) is 0 Å². The van der Waals surface area contributed by atoms with Crippen LogP contribution in [0.5, 0.6) is 5.75 Å². The number of hydrogen-bond donors (Lipinski definition) is 3. The molecule has 0 aliphatic carbocycles. The molecule has 0 heterocycles. The molecule has 0 saturated heterocycles. The molecule has 0 saturated carbocycles. The minimum atomic E-state index is -0.844. The number of nitrogens with zero attached hydrogens (tertiary/aromatic N) is 1. The summed E-state index contributed by atoms with van der Waals surface area (Å²) in [5, 5.41) is 30.2. The fraction of sp³-hybridized carbons (Fsp3) is 0.381. The van der Waals surface area contributed by atoms with Gasteiger partial charge in [-0.25, -0.2) is 8.78 Å². The number of hydrogen-bond acceptors (Lipinski definition) is 5. The van der Waals surface area contributed by atoms with Crippen LogP contribution in [-0.4, -0.2) is 29.5 Å². The Morgan fingerprint density at radius 3 is 2.50 bits per heavy atom. The van der Waals surface area contributed by atoms with Crippen LogP contribution in [0.4, 0.5) is 20.2 Å². The number of aryl methyl sites for hydroxylation is 1. The van der Waals surface area contributed by atoms with Crippen LogP contribution >= 0.6 is 0 Å². The monoisotopic (exact) mass is 392 g/mol. The molecule has 2 aromatic rings. The predicted molar refractivity (Wildman–Crippen MR) is 105 cm³/mol. The zero-order chi connectivity index (χ0) is 21.1. The van der Waals surface area contributed by atoms with Crippen molar-refractivity contribution in [1.82, 2.24) is 0 Å². The molecule has 1 atom stereocenters. The number of anilines is 2. The first-order chi connectivity index (χ1) is 13.4. The molecule has 0 fully saturated rings. The number of aliphatic hydroxyl groups excluding tert-OH is 2. The maximum Gasteiger partial charge on any atom is 0.146 e. The molecule has 3 N–H and O–H groups in total. The van der Waals surface area contributed by atoms with E-state index in [1.807, 2.05) is 19.9 Å². The average molecular weight is 392 g/mol. The van der Waals surface area contributed by atoms with Gasteiger partial charge in [-0.05, 0) is 43.5 Å². The van der Waals surface area contributed by atoms with Crippen molar-refractivity contribution >= 4 is 11.4 Å². The Balaban J connectivity index is 0.00000190. The first-order valence-electron chi connectivity index (χ1n) is 9.13. The largest absolute Gasteiger partial charge is 0.492 e. The van der Waals surface area contributed by atoms with E-state index in [0.717, 1.165) is 17.7 Å². The van der Waals surface area contributed by atoms with Crippen molar-refractivity contribution in [2.75, 3.05) is 18.5 Å². The van der Waals surface area contributed by atoms with Gasteiger partial charge >= 0.3 is 0 Å². The number of aliphatic hydroxyl groups is 2. The van der Waals surface area contributed by atoms with Crippen molar-refractivity contribution in [3.8, 4) is 11.8 Å². The van der Waals surface area contributed by atoms with Gasteiger partial charge in [0.05, 0.1) is 30.7 Å². The van der Waals surface area contributed by atoms with Crippen molar-refractivity contribution in [1.29, 1.82) is 5.26 Å². The van der Waals surface area contributed by atoms with E-state index in [9.17, 15) is 19.1 Å². The van der Waals surface area contributed by atoms with Gasteiger partial charge in [0.15, 0.2) is 0 Å². The van der Waals surface area contributed by atoms with Gasteiger partial charge in [0.25, 0.3) is 0 Å². The number of halogens is 2. The summed E-state index contributed by atoms with van der Waals surface area (Å²) in [7, 11) is 0. The van der Waals surface area contributed by atoms with E-state index in [4.69, 9.17) is 9.84 Å². The van der Waals surface area contributed by atoms with Crippen LogP contribution in [0.15, 0.2) is 30.3 Å². The maximum absolute atomic E-state index is 14.0. The van der Waals surface area contributed by atoms with Crippen molar-refractivity contribution in [3.63, 3.8) is 0 Å². The van der Waals surface area contributed by atoms with Crippen LogP contribution in [0.1, 0.15) is 37.8 Å². The molecular weight excluding hydrogens is 366 g/mol. The molecule has 0 amide bonds. The van der Waals surface area contributed by atoms with E-state index < -0.39 is 17.7 Å². The smallest absolute Gasteiger partial charge is 0.146 e. The summed E-state index contributed by atoms with van der Waals surface area (Å²) in [6.45, 7) is 5.53. The lowest BCUT2D eigenvalue weighted by atomic mass is 10.1. The Kier molecular flexibility index (Phi) is 9.93. The molecule has 0 aliphatic rings. The lowest BCUT2D eigenvalue weighted by Gasteiger charge is -2.14. The number of ether oxygens (including phenoxy) is 1. The Labute approximate surface area is 164 Å². The molecule has 0 aliphatic heterocycles. The highest BCUT2D eigenvalue weighted by molar-refractivity contribution is 5.70. The van der Waals surface area contributed by atoms with Gasteiger partial charge in [0, 0.05) is 6.07 Å². The highest BCUT2D eigenvalue weighted by atomic mass is 19.1. The zero-order valence-electron chi connectivity index (χ0n) is 16.3. The summed E-state index contributed by atoms with van der Waals surface area (Å²) in [4.78, 5) is 0. The third kappa shape index (κ3) is 6.80. The van der Waals surface area contributed by atoms with E-state index in [0.29, 0.717) is 12.8 Å². The van der Waals surface area contributed by atoms with E-state index in [-0.39, 0.29) is 35.9 Å². The normalized spacial score (nSPS) is 11.1. The van der Waals surface area contributed by atoms with Crippen LogP contribution in [0.3, 0.4) is 0 Å². The summed E-state index contributed by atoms with van der Waals surface area (Å²) in [6, 6.07) is 8.65. The summed E-state index contributed by atoms with van der Waals surface area (Å²) in [5.74, 6) is -1.12. The third-order valence-electron chi connectivity index (χ3n) is 3.72. The number of nitriles is 1. The van der Waals surface area contributed by atoms with Crippen LogP contribution in [-0.2, 0) is 0 Å². The van der Waals surface area contributed by atoms with Crippen molar-refractivity contribution in [2.45, 2.75) is 39.7 Å². The lowest BCUT2D eigenvalue weighted by Crippen LogP contribution is -2.13. The van der Waals surface area contributed by atoms with Gasteiger partial charge in [-0.2, -0.15) is 5.26 Å². The molecule has 0 spiro atoms. The molecule has 1 unspecified atom stereocenters. The fourth-order valence-corrected chi connectivity index (χ4v) is 2.37. The fourth-order valence-electron chi connectivity index (χ4n) is 2.37. The molecule has 2 rings (SSSR count). The molecule has 0 radical (unpaired) electrons. The summed E-state index contributed by atoms with van der Waals surface area (Å²) < 4.78 is 33.4. The Bertz CT molecular complexity index is 807. The van der Waals surface area contributed by atoms with Gasteiger partial charge < -0.3 is 20.3 Å². The van der Waals surface area contributed by atoms with Gasteiger partial charge in [0.2, 0.25) is 0 Å². The maximum atomic E-state index is 14.0. The molecule has 0 aromatic heterocycles. The summed E-state index contributed by atoms with van der Waals surface area (Å²) >= 11 is 0. The topological polar surface area (TPSA) is 85.5 Å². The standard InChI is InChI=1S/C19H20F2N2O3.C2H6/c1-12-4-5-17(16(21)7-12)23-18-8-13(20)9-19(15(18)10-22)26-6-2-3-14(25)11-24;1-2/h4-5,7-9,14,23-25H,2-3,6,11H2,1H3;1-2H3. The first kappa shape index (κ1) is 23.3. The highest BCUT2D eigenvalue weighted by Crippen LogP contribution is 2.31. The molecule has 7 heteroatoms. The van der Waals surface area contributed by atoms with Gasteiger partial charge in [-0.1, -0.05) is 19.9 Å². The molecular formula is C21H26F2N2O3. The van der Waals surface area contributed by atoms with Crippen molar-refractivity contribution in [3.05, 3.63) is 53.1 Å². The Morgan fingerprint density at radius 1 is 1.18 bits per heavy atom. The third-order valence-corrected chi connectivity index (χ3v) is 3.72. The van der Waals surface area contributed by atoms with Crippen molar-refractivity contribution in [2.24, 2.45) is 0 Å². The second-order valence-corrected chi connectivity index (χ2v) is 5.87. The van der Waals surface area contributed by atoms with E-state index in [1.165, 1.54) is 12.1 Å². The Morgan fingerprint density at radius 2 is 1.89 bits per heavy atom. The quantitative estimate of drug-likeness (QED) is 0.579. The number of nitrogens with one attached hydrogen (secondary N) is 1. The first-order valence-corrected chi connectivity index (χ1v) is 9.13. The summed E-state index contributed by atoms with van der Waals surface area (Å²) in [5.41, 5.74) is 1.01. The van der Waals surface area contributed by atoms with E-state index in [2.05, 4.69) is 5.32 Å². The van der Waals surface area contributed by atoms with Gasteiger partial charge in [0.1, 0.15) is 29.0 Å². The predicted octanol–water partition coefficient (Wildman–Crippen LogP) is 4.43. The number of benzene rings is 2. The molecule has 152 valence electrons. The molecule has 0 bridgehead atoms. The summed E-state index contributed by atoms with van der Waals surface area (Å²) in [6.07, 6.45) is -0.116. The second kappa shape index (κ2) is 11.9. The van der Waals surface area contributed by atoms with Crippen LogP contribution in [0.2, 0.25) is 0 Å². The number of rotatable bonds is 8. The molecule has 2 aromatic carbocycles. The minimum absolute atomic E-state index is 0.0287. The zero-order valence-corrected chi connectivity index (χ0v) is 16.3. The van der Waals surface area contributed by atoms with E-state index >= 15 is 0 Å². The van der Waals surface area contributed by atoms with Crippen molar-refractivity contribution < 1.29 is 23.7 Å². The second-order valence-electron chi connectivity index (χ2n) is 5.87. The molecule has 28 heavy (non-hydrogen) atoms. The molecule has 5 nitrogen and oxygen atoms in total. The Hall–Kier alpha value is -2.69. The van der Waals surface area contributed by atoms with Crippen LogP contribution in [0, 0.1) is 29.9 Å². The lowest BCUT2D eigenvalue weighted by molar-refractivity contribution is 0.0827. The van der Waals surface area contributed by atoms with E-state index in [1.54, 1.807) is 13.0 Å².